The molecule has 16 heavy (non-hydrogen) atoms. The lowest BCUT2D eigenvalue weighted by atomic mass is 10.2. The summed E-state index contributed by atoms with van der Waals surface area (Å²) in [5.41, 5.74) is 5.74. The van der Waals surface area contributed by atoms with Crippen molar-refractivity contribution in [2.24, 2.45) is 5.73 Å². The average molecular weight is 247 g/mol. The maximum Gasteiger partial charge on any atom is 0.239 e. The van der Waals surface area contributed by atoms with Gasteiger partial charge < -0.3 is 16.0 Å². The zero-order valence-electron chi connectivity index (χ0n) is 10.2. The van der Waals surface area contributed by atoms with Gasteiger partial charge in [0.2, 0.25) is 11.8 Å². The van der Waals surface area contributed by atoms with Crippen molar-refractivity contribution in [2.75, 3.05) is 32.6 Å². The van der Waals surface area contributed by atoms with Crippen molar-refractivity contribution >= 4 is 23.6 Å². The summed E-state index contributed by atoms with van der Waals surface area (Å²) in [4.78, 5) is 24.2. The number of amides is 2. The lowest BCUT2D eigenvalue weighted by Gasteiger charge is -2.20. The number of hydrogen-bond donors (Lipinski definition) is 2. The molecular weight excluding hydrogens is 226 g/mol. The monoisotopic (exact) mass is 247 g/mol. The highest BCUT2D eigenvalue weighted by Crippen LogP contribution is 2.02. The molecule has 0 unspecified atom stereocenters. The summed E-state index contributed by atoms with van der Waals surface area (Å²) in [5.74, 6) is 0.700. The number of carbonyl (C=O) groups excluding carboxylic acids is 2. The van der Waals surface area contributed by atoms with Crippen molar-refractivity contribution in [3.8, 4) is 0 Å². The van der Waals surface area contributed by atoms with Gasteiger partial charge >= 0.3 is 0 Å². The summed E-state index contributed by atoms with van der Waals surface area (Å²) in [6.07, 6.45) is 2.96. The fourth-order valence-corrected chi connectivity index (χ4v) is 1.65. The minimum Gasteiger partial charge on any atom is -0.359 e. The smallest absolute Gasteiger partial charge is 0.239 e. The van der Waals surface area contributed by atoms with Gasteiger partial charge in [0.05, 0.1) is 6.04 Å². The number of likely N-dealkylation sites (N-methyl/N-ethyl adjacent to an activating group) is 1. The quantitative estimate of drug-likeness (QED) is 0.645. The molecule has 0 spiro atoms. The van der Waals surface area contributed by atoms with E-state index in [-0.39, 0.29) is 11.8 Å². The van der Waals surface area contributed by atoms with Crippen LogP contribution in [-0.4, -0.2) is 55.4 Å². The van der Waals surface area contributed by atoms with Crippen LogP contribution in [-0.2, 0) is 9.59 Å². The maximum absolute atomic E-state index is 11.7. The third-order valence-corrected chi connectivity index (χ3v) is 2.92. The Morgan fingerprint density at radius 3 is 2.62 bits per heavy atom. The van der Waals surface area contributed by atoms with Crippen LogP contribution in [0.25, 0.3) is 0 Å². The summed E-state index contributed by atoms with van der Waals surface area (Å²) in [6, 6.07) is -0.456. The standard InChI is InChI=1S/C10H21N3O2S/c1-12-9(14)4-6-13(2)10(15)8(11)5-7-16-3/h8H,4-7,11H2,1-3H3,(H,12,14)/t8-/m1/s1. The Kier molecular flexibility index (Phi) is 8.01. The fraction of sp³-hybridized carbons (Fsp3) is 0.800. The van der Waals surface area contributed by atoms with Gasteiger partial charge in [0.15, 0.2) is 0 Å². The van der Waals surface area contributed by atoms with E-state index in [0.29, 0.717) is 19.4 Å². The lowest BCUT2D eigenvalue weighted by molar-refractivity contribution is -0.131. The van der Waals surface area contributed by atoms with E-state index in [4.69, 9.17) is 5.73 Å². The number of nitrogens with one attached hydrogen (secondary N) is 1. The molecule has 0 heterocycles. The summed E-state index contributed by atoms with van der Waals surface area (Å²) >= 11 is 1.67. The SMILES string of the molecule is CNC(=O)CCN(C)C(=O)[C@H](N)CCSC. The number of carbonyl (C=O) groups is 2. The Balaban J connectivity index is 3.92. The molecule has 3 N–H and O–H groups in total. The molecule has 0 radical (unpaired) electrons. The first-order chi connectivity index (χ1) is 7.52. The van der Waals surface area contributed by atoms with Crippen molar-refractivity contribution in [3.63, 3.8) is 0 Å². The molecule has 0 bridgehead atoms. The van der Waals surface area contributed by atoms with Crippen LogP contribution in [0, 0.1) is 0 Å². The Morgan fingerprint density at radius 1 is 1.50 bits per heavy atom. The normalized spacial score (nSPS) is 12.0. The second-order valence-electron chi connectivity index (χ2n) is 3.57. The molecule has 1 atom stereocenters. The van der Waals surface area contributed by atoms with E-state index in [9.17, 15) is 9.59 Å². The van der Waals surface area contributed by atoms with Gasteiger partial charge in [-0.05, 0) is 18.4 Å². The molecule has 6 heteroatoms. The van der Waals surface area contributed by atoms with E-state index in [0.717, 1.165) is 5.75 Å². The molecule has 0 aliphatic rings. The second-order valence-corrected chi connectivity index (χ2v) is 4.56. The van der Waals surface area contributed by atoms with Crippen molar-refractivity contribution in [3.05, 3.63) is 0 Å². The first kappa shape index (κ1) is 15.2. The van der Waals surface area contributed by atoms with Gasteiger partial charge in [-0.3, -0.25) is 9.59 Å². The lowest BCUT2D eigenvalue weighted by Crippen LogP contribution is -2.43. The van der Waals surface area contributed by atoms with E-state index in [1.165, 1.54) is 4.90 Å². The first-order valence-electron chi connectivity index (χ1n) is 5.23. The van der Waals surface area contributed by atoms with Crippen LogP contribution in [0.4, 0.5) is 0 Å². The molecular formula is C10H21N3O2S. The fourth-order valence-electron chi connectivity index (χ4n) is 1.16. The molecule has 0 aromatic heterocycles. The molecule has 0 aliphatic heterocycles. The summed E-state index contributed by atoms with van der Waals surface area (Å²) in [7, 11) is 3.25. The van der Waals surface area contributed by atoms with E-state index < -0.39 is 6.04 Å². The predicted octanol–water partition coefficient (Wildman–Crippen LogP) is -0.339. The number of thioether (sulfide) groups is 1. The number of hydrogen-bond acceptors (Lipinski definition) is 4. The van der Waals surface area contributed by atoms with Gasteiger partial charge in [-0.15, -0.1) is 0 Å². The molecule has 0 rings (SSSR count). The number of nitrogens with zero attached hydrogens (tertiary/aromatic N) is 1. The molecule has 2 amide bonds. The second kappa shape index (κ2) is 8.41. The molecule has 0 saturated heterocycles. The van der Waals surface area contributed by atoms with E-state index in [1.54, 1.807) is 25.9 Å². The van der Waals surface area contributed by atoms with E-state index in [2.05, 4.69) is 5.32 Å². The zero-order valence-corrected chi connectivity index (χ0v) is 11.0. The molecule has 0 saturated carbocycles. The summed E-state index contributed by atoms with van der Waals surface area (Å²) in [6.45, 7) is 0.408. The Bertz CT molecular complexity index is 236. The average Bonchev–Trinajstić information content (AvgIpc) is 2.31. The minimum atomic E-state index is -0.456. The van der Waals surface area contributed by atoms with Crippen molar-refractivity contribution in [1.29, 1.82) is 0 Å². The van der Waals surface area contributed by atoms with Crippen LogP contribution in [0.15, 0.2) is 0 Å². The van der Waals surface area contributed by atoms with E-state index >= 15 is 0 Å². The maximum atomic E-state index is 11.7. The molecule has 5 nitrogen and oxygen atoms in total. The van der Waals surface area contributed by atoms with Crippen molar-refractivity contribution < 1.29 is 9.59 Å². The predicted molar refractivity (Wildman–Crippen MR) is 67.3 cm³/mol. The number of rotatable bonds is 7. The summed E-state index contributed by atoms with van der Waals surface area (Å²) in [5, 5.41) is 2.51. The largest absolute Gasteiger partial charge is 0.359 e. The van der Waals surface area contributed by atoms with Crippen LogP contribution in [0.1, 0.15) is 12.8 Å². The minimum absolute atomic E-state index is 0.0719. The van der Waals surface area contributed by atoms with Crippen molar-refractivity contribution in [2.45, 2.75) is 18.9 Å². The number of nitrogens with two attached hydrogens (primary N) is 1. The topological polar surface area (TPSA) is 75.4 Å². The highest BCUT2D eigenvalue weighted by atomic mass is 32.2. The summed E-state index contributed by atoms with van der Waals surface area (Å²) < 4.78 is 0. The molecule has 0 fully saturated rings. The van der Waals surface area contributed by atoms with Gasteiger partial charge in [-0.1, -0.05) is 0 Å². The van der Waals surface area contributed by atoms with Crippen LogP contribution < -0.4 is 11.1 Å². The molecule has 94 valence electrons. The molecule has 0 aliphatic carbocycles. The highest BCUT2D eigenvalue weighted by molar-refractivity contribution is 7.98. The Hall–Kier alpha value is -0.750. The van der Waals surface area contributed by atoms with Gasteiger partial charge in [0.25, 0.3) is 0 Å². The first-order valence-corrected chi connectivity index (χ1v) is 6.62. The third kappa shape index (κ3) is 5.97. The van der Waals surface area contributed by atoms with Crippen LogP contribution >= 0.6 is 11.8 Å². The molecule has 0 aromatic carbocycles. The van der Waals surface area contributed by atoms with Crippen LogP contribution in [0.5, 0.6) is 0 Å². The zero-order chi connectivity index (χ0) is 12.6. The highest BCUT2D eigenvalue weighted by Gasteiger charge is 2.17. The molecule has 0 aromatic rings. The van der Waals surface area contributed by atoms with Crippen molar-refractivity contribution in [1.82, 2.24) is 10.2 Å². The van der Waals surface area contributed by atoms with E-state index in [1.807, 2.05) is 6.26 Å². The Labute approximate surface area is 101 Å². The van der Waals surface area contributed by atoms with Gasteiger partial charge in [0, 0.05) is 27.1 Å². The van der Waals surface area contributed by atoms with Crippen LogP contribution in [0.3, 0.4) is 0 Å². The van der Waals surface area contributed by atoms with Gasteiger partial charge in [-0.25, -0.2) is 0 Å². The third-order valence-electron chi connectivity index (χ3n) is 2.28. The van der Waals surface area contributed by atoms with Gasteiger partial charge in [0.1, 0.15) is 0 Å². The Morgan fingerprint density at radius 2 is 2.12 bits per heavy atom. The van der Waals surface area contributed by atoms with Crippen LogP contribution in [0.2, 0.25) is 0 Å². The van der Waals surface area contributed by atoms with Gasteiger partial charge in [-0.2, -0.15) is 11.8 Å².